The minimum atomic E-state index is -1.12. The minimum absolute atomic E-state index is 0.184. The Bertz CT molecular complexity index is 1180. The maximum absolute atomic E-state index is 12.7. The SMILES string of the molecule is CC/C=C\C/C=C\C/C=C\C/C=C\C/C=C\CCCC(=O)N1CC[C@H](CNC(O)C2=CC(=O)C(C)(c3ccccc3)O2)C1. The zero-order chi connectivity index (χ0) is 30.8. The summed E-state index contributed by atoms with van der Waals surface area (Å²) in [7, 11) is 0. The molecule has 0 spiro atoms. The number of carbonyl (C=O) groups is 2. The number of hydrogen-bond donors (Lipinski definition) is 2. The van der Waals surface area contributed by atoms with Crippen molar-refractivity contribution in [2.75, 3.05) is 19.6 Å². The predicted molar refractivity (Wildman–Crippen MR) is 175 cm³/mol. The highest BCUT2D eigenvalue weighted by molar-refractivity contribution is 5.99. The van der Waals surface area contributed by atoms with Crippen molar-refractivity contribution in [2.45, 2.75) is 83.5 Å². The lowest BCUT2D eigenvalue weighted by molar-refractivity contribution is -0.130. The molecule has 3 atom stereocenters. The molecule has 0 aromatic heterocycles. The topological polar surface area (TPSA) is 78.9 Å². The Balaban J connectivity index is 1.23. The largest absolute Gasteiger partial charge is 0.475 e. The summed E-state index contributed by atoms with van der Waals surface area (Å²) < 4.78 is 5.93. The van der Waals surface area contributed by atoms with E-state index < -0.39 is 11.8 Å². The molecule has 1 fully saturated rings. The molecule has 3 rings (SSSR count). The standard InChI is InChI=1S/C37H50N2O4/c1-3-4-5-6-7-8-9-10-11-12-13-14-15-16-17-18-22-25-35(41)39-27-26-31(30-39)29-38-36(42)33-28-34(40)37(2,43-33)32-23-20-19-21-24-32/h4-5,7-8,10-11,13-14,16-17,19-21,23-24,28,31,36,38,42H,3,6,9,12,15,18,22,25-27,29-30H2,1-2H3/b5-4-,8-7-,11-10-,14-13-,17-16-/t31-,36?,37?/m1/s1. The molecule has 2 heterocycles. The molecular weight excluding hydrogens is 536 g/mol. The monoisotopic (exact) mass is 586 g/mol. The maximum Gasteiger partial charge on any atom is 0.222 e. The van der Waals surface area contributed by atoms with E-state index in [0.29, 0.717) is 19.5 Å². The first-order valence-corrected chi connectivity index (χ1v) is 15.9. The van der Waals surface area contributed by atoms with E-state index >= 15 is 0 Å². The molecule has 1 saturated heterocycles. The minimum Gasteiger partial charge on any atom is -0.475 e. The van der Waals surface area contributed by atoms with Gasteiger partial charge in [0.2, 0.25) is 11.7 Å². The van der Waals surface area contributed by atoms with Crippen LogP contribution in [0.5, 0.6) is 0 Å². The van der Waals surface area contributed by atoms with Crippen LogP contribution in [0.1, 0.15) is 77.2 Å². The number of carbonyl (C=O) groups excluding carboxylic acids is 2. The summed E-state index contributed by atoms with van der Waals surface area (Å²) in [6.07, 6.45) is 30.4. The number of hydrogen-bond acceptors (Lipinski definition) is 5. The van der Waals surface area contributed by atoms with Crippen molar-refractivity contribution in [3.63, 3.8) is 0 Å². The van der Waals surface area contributed by atoms with Crippen LogP contribution in [-0.2, 0) is 19.9 Å². The van der Waals surface area contributed by atoms with Crippen molar-refractivity contribution < 1.29 is 19.4 Å². The first-order chi connectivity index (χ1) is 20.9. The van der Waals surface area contributed by atoms with E-state index in [1.165, 1.54) is 6.08 Å². The summed E-state index contributed by atoms with van der Waals surface area (Å²) in [4.78, 5) is 27.3. The van der Waals surface area contributed by atoms with Crippen molar-refractivity contribution >= 4 is 11.7 Å². The van der Waals surface area contributed by atoms with E-state index in [4.69, 9.17) is 4.74 Å². The van der Waals surface area contributed by atoms with Crippen LogP contribution in [0, 0.1) is 5.92 Å². The molecule has 1 aromatic rings. The molecule has 0 radical (unpaired) electrons. The quantitative estimate of drug-likeness (QED) is 0.109. The van der Waals surface area contributed by atoms with E-state index in [9.17, 15) is 14.7 Å². The number of aliphatic hydroxyl groups is 1. The van der Waals surface area contributed by atoms with Gasteiger partial charge in [0.05, 0.1) is 0 Å². The molecule has 6 nitrogen and oxygen atoms in total. The normalized spacial score (nSPS) is 21.7. The number of amides is 1. The zero-order valence-electron chi connectivity index (χ0n) is 26.0. The highest BCUT2D eigenvalue weighted by Gasteiger charge is 2.43. The Morgan fingerprint density at radius 3 is 2.23 bits per heavy atom. The van der Waals surface area contributed by atoms with E-state index in [0.717, 1.165) is 63.5 Å². The van der Waals surface area contributed by atoms with Gasteiger partial charge in [0.1, 0.15) is 5.76 Å². The molecule has 2 aliphatic heterocycles. The average molecular weight is 587 g/mol. The molecule has 0 saturated carbocycles. The van der Waals surface area contributed by atoms with Gasteiger partial charge >= 0.3 is 0 Å². The Kier molecular flexibility index (Phi) is 15.0. The molecule has 1 aromatic carbocycles. The fraction of sp³-hybridized carbons (Fsp3) is 0.459. The van der Waals surface area contributed by atoms with E-state index in [-0.39, 0.29) is 23.4 Å². The second kappa shape index (κ2) is 18.9. The van der Waals surface area contributed by atoms with Gasteiger partial charge in [0, 0.05) is 37.7 Å². The van der Waals surface area contributed by atoms with Gasteiger partial charge in [0.25, 0.3) is 0 Å². The van der Waals surface area contributed by atoms with Crippen molar-refractivity contribution in [1.82, 2.24) is 10.2 Å². The highest BCUT2D eigenvalue weighted by Crippen LogP contribution is 2.35. The van der Waals surface area contributed by atoms with Crippen molar-refractivity contribution in [3.8, 4) is 0 Å². The van der Waals surface area contributed by atoms with E-state index in [2.05, 4.69) is 73.0 Å². The average Bonchev–Trinajstić information content (AvgIpc) is 3.62. The Morgan fingerprint density at radius 1 is 1.00 bits per heavy atom. The van der Waals surface area contributed by atoms with Crippen LogP contribution < -0.4 is 5.32 Å². The lowest BCUT2D eigenvalue weighted by Crippen LogP contribution is -2.37. The van der Waals surface area contributed by atoms with Gasteiger partial charge in [0.15, 0.2) is 11.8 Å². The van der Waals surface area contributed by atoms with Crippen LogP contribution >= 0.6 is 0 Å². The second-order valence-corrected chi connectivity index (χ2v) is 11.3. The van der Waals surface area contributed by atoms with Crippen LogP contribution in [0.25, 0.3) is 0 Å². The molecule has 232 valence electrons. The van der Waals surface area contributed by atoms with E-state index in [1.807, 2.05) is 35.2 Å². The number of unbranched alkanes of at least 4 members (excludes halogenated alkanes) is 1. The first kappa shape index (κ1) is 34.0. The zero-order valence-corrected chi connectivity index (χ0v) is 26.0. The van der Waals surface area contributed by atoms with E-state index in [1.54, 1.807) is 6.92 Å². The summed E-state index contributed by atoms with van der Waals surface area (Å²) >= 11 is 0. The van der Waals surface area contributed by atoms with Crippen LogP contribution in [0.3, 0.4) is 0 Å². The molecule has 2 unspecified atom stereocenters. The third-order valence-corrected chi connectivity index (χ3v) is 7.82. The number of nitrogens with zero attached hydrogens (tertiary/aromatic N) is 1. The van der Waals surface area contributed by atoms with Gasteiger partial charge in [-0.15, -0.1) is 0 Å². The van der Waals surface area contributed by atoms with Crippen LogP contribution in [0.4, 0.5) is 0 Å². The first-order valence-electron chi connectivity index (χ1n) is 15.9. The number of likely N-dealkylation sites (tertiary alicyclic amines) is 1. The predicted octanol–water partition coefficient (Wildman–Crippen LogP) is 7.06. The number of allylic oxidation sites excluding steroid dienone is 10. The highest BCUT2D eigenvalue weighted by atomic mass is 16.5. The van der Waals surface area contributed by atoms with Crippen LogP contribution in [0.15, 0.2) is 103 Å². The number of rotatable bonds is 18. The Labute approximate surface area is 258 Å². The third-order valence-electron chi connectivity index (χ3n) is 7.82. The molecule has 0 aliphatic carbocycles. The lowest BCUT2D eigenvalue weighted by Gasteiger charge is -2.26. The molecule has 2 aliphatic rings. The number of ether oxygens (including phenoxy) is 1. The fourth-order valence-corrected chi connectivity index (χ4v) is 5.18. The van der Waals surface area contributed by atoms with Gasteiger partial charge in [-0.3, -0.25) is 14.9 Å². The summed E-state index contributed by atoms with van der Waals surface area (Å²) in [5.74, 6) is 0.498. The van der Waals surface area contributed by atoms with Crippen molar-refractivity contribution in [1.29, 1.82) is 0 Å². The molecule has 6 heteroatoms. The summed E-state index contributed by atoms with van der Waals surface area (Å²) in [5, 5.41) is 13.7. The third kappa shape index (κ3) is 11.6. The molecule has 2 N–H and O–H groups in total. The van der Waals surface area contributed by atoms with Gasteiger partial charge in [-0.05, 0) is 64.2 Å². The van der Waals surface area contributed by atoms with Crippen molar-refractivity contribution in [3.05, 3.63) is 108 Å². The maximum atomic E-state index is 12.7. The van der Waals surface area contributed by atoms with Gasteiger partial charge in [-0.25, -0.2) is 0 Å². The number of benzene rings is 1. The molecule has 0 bridgehead atoms. The number of ketones is 1. The van der Waals surface area contributed by atoms with Crippen LogP contribution in [-0.4, -0.2) is 47.6 Å². The number of nitrogens with one attached hydrogen (secondary N) is 1. The molecule has 43 heavy (non-hydrogen) atoms. The summed E-state index contributed by atoms with van der Waals surface area (Å²) in [5.41, 5.74) is -0.368. The lowest BCUT2D eigenvalue weighted by atomic mass is 9.92. The van der Waals surface area contributed by atoms with Gasteiger partial charge in [-0.2, -0.15) is 0 Å². The summed E-state index contributed by atoms with van der Waals surface area (Å²) in [6.45, 7) is 5.84. The molecule has 1 amide bonds. The molecular formula is C37H50N2O4. The van der Waals surface area contributed by atoms with Crippen LogP contribution in [0.2, 0.25) is 0 Å². The fourth-order valence-electron chi connectivity index (χ4n) is 5.18. The second-order valence-electron chi connectivity index (χ2n) is 11.3. The Hall–Kier alpha value is -3.48. The summed E-state index contributed by atoms with van der Waals surface area (Å²) in [6, 6.07) is 9.31. The Morgan fingerprint density at radius 2 is 1.60 bits per heavy atom. The number of aliphatic hydroxyl groups excluding tert-OH is 1. The van der Waals surface area contributed by atoms with Gasteiger partial charge < -0.3 is 14.7 Å². The van der Waals surface area contributed by atoms with Gasteiger partial charge in [-0.1, -0.05) is 98.0 Å². The smallest absolute Gasteiger partial charge is 0.222 e. The van der Waals surface area contributed by atoms with Crippen molar-refractivity contribution in [2.24, 2.45) is 5.92 Å².